The molecule has 1 amide bonds. The minimum atomic E-state index is -1.26. The number of hydrogen-bond donors (Lipinski definition) is 2. The van der Waals surface area contributed by atoms with Gasteiger partial charge in [0.25, 0.3) is 5.91 Å². The van der Waals surface area contributed by atoms with E-state index in [2.05, 4.69) is 32.3 Å². The molecule has 0 unspecified atom stereocenters. The van der Waals surface area contributed by atoms with Gasteiger partial charge in [-0.2, -0.15) is 5.26 Å². The molecule has 168 valence electrons. The monoisotopic (exact) mass is 468 g/mol. The van der Waals surface area contributed by atoms with Crippen molar-refractivity contribution in [1.29, 1.82) is 5.26 Å². The third kappa shape index (κ3) is 3.96. The van der Waals surface area contributed by atoms with E-state index in [1.807, 2.05) is 0 Å². The summed E-state index contributed by atoms with van der Waals surface area (Å²) in [6, 6.07) is 4.36. The lowest BCUT2D eigenvalue weighted by Gasteiger charge is -2.32. The van der Waals surface area contributed by atoms with Crippen molar-refractivity contribution < 1.29 is 18.3 Å². The van der Waals surface area contributed by atoms with E-state index in [-0.39, 0.29) is 33.9 Å². The molecule has 1 aromatic carbocycles. The highest BCUT2D eigenvalue weighted by Gasteiger charge is 2.67. The molecule has 1 saturated carbocycles. The first-order chi connectivity index (χ1) is 15.6. The number of benzene rings is 1. The summed E-state index contributed by atoms with van der Waals surface area (Å²) in [4.78, 5) is 24.9. The number of anilines is 1. The van der Waals surface area contributed by atoms with Gasteiger partial charge in [-0.25, -0.2) is 18.7 Å². The fraction of sp³-hybridized carbons (Fsp3) is 0.318. The summed E-state index contributed by atoms with van der Waals surface area (Å²) in [5.41, 5.74) is 4.46. The maximum atomic E-state index is 14.9. The first kappa shape index (κ1) is 22.5. The van der Waals surface area contributed by atoms with Crippen LogP contribution in [-0.4, -0.2) is 31.9 Å². The molecule has 3 N–H and O–H groups in total. The van der Waals surface area contributed by atoms with Gasteiger partial charge in [0.2, 0.25) is 5.88 Å². The molecule has 0 radical (unpaired) electrons. The molecule has 8 nitrogen and oxygen atoms in total. The van der Waals surface area contributed by atoms with E-state index in [4.69, 9.17) is 16.9 Å². The van der Waals surface area contributed by atoms with Gasteiger partial charge in [-0.05, 0) is 26.3 Å². The summed E-state index contributed by atoms with van der Waals surface area (Å²) in [5, 5.41) is 12.2. The van der Waals surface area contributed by atoms with Crippen LogP contribution in [0.25, 0.3) is 0 Å². The number of terminal acetylenes is 1. The summed E-state index contributed by atoms with van der Waals surface area (Å²) >= 11 is 1.13. The van der Waals surface area contributed by atoms with Crippen LogP contribution in [0, 0.1) is 41.2 Å². The number of carbonyl (C=O) groups is 1. The molecule has 0 spiro atoms. The number of aromatic nitrogens is 2. The molecule has 4 rings (SSSR count). The lowest BCUT2D eigenvalue weighted by molar-refractivity contribution is 0.102. The van der Waals surface area contributed by atoms with Gasteiger partial charge in [-0.1, -0.05) is 17.7 Å². The number of nitrogens with two attached hydrogens (primary N) is 1. The third-order valence-corrected chi connectivity index (χ3v) is 6.84. The number of fused-ring (bicyclic) bond motifs is 1. The predicted molar refractivity (Wildman–Crippen MR) is 118 cm³/mol. The predicted octanol–water partition coefficient (Wildman–Crippen LogP) is 2.97. The zero-order valence-corrected chi connectivity index (χ0v) is 18.4. The number of ether oxygens (including phenoxy) is 1. The Balaban J connectivity index is 1.61. The molecule has 1 aliphatic carbocycles. The van der Waals surface area contributed by atoms with Gasteiger partial charge in [0.15, 0.2) is 22.9 Å². The van der Waals surface area contributed by atoms with Gasteiger partial charge in [0, 0.05) is 23.2 Å². The number of carbonyl (C=O) groups excluding carboxylic acids is 1. The maximum absolute atomic E-state index is 14.9. The largest absolute Gasteiger partial charge is 0.460 e. The summed E-state index contributed by atoms with van der Waals surface area (Å²) in [6.45, 7) is 3.25. The highest BCUT2D eigenvalue weighted by Crippen LogP contribution is 2.65. The number of amidine groups is 1. The van der Waals surface area contributed by atoms with Crippen LogP contribution in [0.5, 0.6) is 5.88 Å². The topological polar surface area (TPSA) is 126 Å². The second-order valence-electron chi connectivity index (χ2n) is 7.90. The van der Waals surface area contributed by atoms with Gasteiger partial charge in [0.05, 0.1) is 24.0 Å². The van der Waals surface area contributed by atoms with Crippen LogP contribution in [0.2, 0.25) is 0 Å². The van der Waals surface area contributed by atoms with E-state index in [1.54, 1.807) is 13.8 Å². The molecule has 4 atom stereocenters. The van der Waals surface area contributed by atoms with E-state index in [0.29, 0.717) is 6.42 Å². The minimum Gasteiger partial charge on any atom is -0.460 e. The number of halogens is 2. The lowest BCUT2D eigenvalue weighted by atomic mass is 9.85. The van der Waals surface area contributed by atoms with Crippen LogP contribution in [-0.2, 0) is 5.54 Å². The van der Waals surface area contributed by atoms with Crippen LogP contribution in [0.1, 0.15) is 36.3 Å². The molecule has 2 aliphatic rings. The van der Waals surface area contributed by atoms with Crippen molar-refractivity contribution in [1.82, 2.24) is 9.97 Å². The van der Waals surface area contributed by atoms with E-state index >= 15 is 0 Å². The number of hydrogen-bond acceptors (Lipinski definition) is 8. The smallest absolute Gasteiger partial charge is 0.275 e. The van der Waals surface area contributed by atoms with Crippen molar-refractivity contribution in [3.63, 3.8) is 0 Å². The molecule has 2 aromatic rings. The number of nitrogens with one attached hydrogen (secondary N) is 1. The third-order valence-electron chi connectivity index (χ3n) is 5.63. The number of nitriles is 1. The van der Waals surface area contributed by atoms with Crippen molar-refractivity contribution in [2.24, 2.45) is 16.6 Å². The zero-order valence-electron chi connectivity index (χ0n) is 17.6. The quantitative estimate of drug-likeness (QED) is 0.646. The van der Waals surface area contributed by atoms with Crippen LogP contribution in [0.4, 0.5) is 14.5 Å². The van der Waals surface area contributed by atoms with Crippen LogP contribution < -0.4 is 15.8 Å². The molecule has 0 saturated heterocycles. The van der Waals surface area contributed by atoms with Crippen molar-refractivity contribution >= 4 is 28.5 Å². The lowest BCUT2D eigenvalue weighted by Crippen LogP contribution is -2.35. The van der Waals surface area contributed by atoms with Gasteiger partial charge in [-0.3, -0.25) is 9.79 Å². The van der Waals surface area contributed by atoms with E-state index in [9.17, 15) is 18.8 Å². The molecular formula is C22H18F2N6O2S. The highest BCUT2D eigenvalue weighted by molar-refractivity contribution is 8.15. The molecule has 1 fully saturated rings. The highest BCUT2D eigenvalue weighted by atomic mass is 32.2. The summed E-state index contributed by atoms with van der Waals surface area (Å²) in [6.07, 6.45) is 7.55. The van der Waals surface area contributed by atoms with Crippen LogP contribution >= 0.6 is 11.8 Å². The standard InChI is InChI=1S/C22H18F2N6O2S/c1-4-11(2)32-17-9-27-15(8-28-17)19(31)29-12-5-13(18(24)14(23)6-12)21(3)16-7-22(16,10-25)33-20(26)30-21/h1,5-6,8-9,11,16H,7H2,2-3H3,(H2,26,30)(H,29,31)/t11-,16-,21+,22+/m0/s1. The Hall–Kier alpha value is -3.70. The van der Waals surface area contributed by atoms with Gasteiger partial charge >= 0.3 is 0 Å². The molecule has 0 bridgehead atoms. The Bertz CT molecular complexity index is 1260. The average Bonchev–Trinajstić information content (AvgIpc) is 3.52. The Morgan fingerprint density at radius 1 is 1.42 bits per heavy atom. The molecular weight excluding hydrogens is 450 g/mol. The fourth-order valence-electron chi connectivity index (χ4n) is 3.85. The van der Waals surface area contributed by atoms with Crippen molar-refractivity contribution in [3.8, 4) is 24.3 Å². The summed E-state index contributed by atoms with van der Waals surface area (Å²) < 4.78 is 33.8. The minimum absolute atomic E-state index is 0.00610. The molecule has 11 heteroatoms. The van der Waals surface area contributed by atoms with Crippen molar-refractivity contribution in [3.05, 3.63) is 47.4 Å². The fourth-order valence-corrected chi connectivity index (χ4v) is 5.13. The molecule has 2 heterocycles. The number of aliphatic imine (C=N–C) groups is 1. The Morgan fingerprint density at radius 2 is 2.18 bits per heavy atom. The first-order valence-electron chi connectivity index (χ1n) is 9.83. The van der Waals surface area contributed by atoms with E-state index in [1.165, 1.54) is 18.5 Å². The SMILES string of the molecule is C#C[C@H](C)Oc1cnc(C(=O)Nc2cc(F)c(F)c([C@@]3(C)N=C(N)S[C@@]4(C#N)C[C@H]43)c2)cn1. The van der Waals surface area contributed by atoms with Gasteiger partial charge < -0.3 is 15.8 Å². The Morgan fingerprint density at radius 3 is 2.82 bits per heavy atom. The summed E-state index contributed by atoms with van der Waals surface area (Å²) in [5.74, 6) is -0.816. The second kappa shape index (κ2) is 8.01. The van der Waals surface area contributed by atoms with Crippen molar-refractivity contribution in [2.75, 3.05) is 5.32 Å². The maximum Gasteiger partial charge on any atom is 0.275 e. The summed E-state index contributed by atoms with van der Waals surface area (Å²) in [7, 11) is 0. The van der Waals surface area contributed by atoms with Crippen LogP contribution in [0.3, 0.4) is 0 Å². The normalized spacial score (nSPS) is 26.1. The number of nitrogens with zero attached hydrogens (tertiary/aromatic N) is 4. The van der Waals surface area contributed by atoms with Gasteiger partial charge in [-0.15, -0.1) is 6.42 Å². The number of rotatable bonds is 5. The second-order valence-corrected chi connectivity index (χ2v) is 9.25. The molecule has 33 heavy (non-hydrogen) atoms. The number of amides is 1. The molecule has 1 aromatic heterocycles. The zero-order chi connectivity index (χ0) is 24.0. The van der Waals surface area contributed by atoms with E-state index in [0.717, 1.165) is 17.8 Å². The van der Waals surface area contributed by atoms with Crippen molar-refractivity contribution in [2.45, 2.75) is 36.7 Å². The van der Waals surface area contributed by atoms with E-state index < -0.39 is 33.9 Å². The Kier molecular flexibility index (Phi) is 5.46. The first-order valence-corrected chi connectivity index (χ1v) is 10.6. The molecule has 1 aliphatic heterocycles. The average molecular weight is 468 g/mol. The Labute approximate surface area is 192 Å². The number of thioether (sulfide) groups is 1. The van der Waals surface area contributed by atoms with Gasteiger partial charge in [0.1, 0.15) is 10.4 Å². The van der Waals surface area contributed by atoms with Crippen LogP contribution in [0.15, 0.2) is 29.5 Å².